The van der Waals surface area contributed by atoms with Crippen LogP contribution in [0.3, 0.4) is 0 Å². The summed E-state index contributed by atoms with van der Waals surface area (Å²) in [6.07, 6.45) is 5.19. The van der Waals surface area contributed by atoms with Crippen LogP contribution in [0.2, 0.25) is 0 Å². The third-order valence-corrected chi connectivity index (χ3v) is 3.75. The molecule has 0 aliphatic carbocycles. The molecule has 0 bridgehead atoms. The minimum absolute atomic E-state index is 0.0187. The van der Waals surface area contributed by atoms with Gasteiger partial charge in [-0.15, -0.1) is 0 Å². The minimum atomic E-state index is -0.290. The molecule has 0 spiro atoms. The van der Waals surface area contributed by atoms with E-state index in [4.69, 9.17) is 0 Å². The number of nitrogens with zero attached hydrogens (tertiary/aromatic N) is 1. The van der Waals surface area contributed by atoms with Gasteiger partial charge in [0.1, 0.15) is 6.04 Å². The molecular formula is C13H24N4O2. The number of hydrogen-bond donors (Lipinski definition) is 3. The fourth-order valence-corrected chi connectivity index (χ4v) is 2.57. The highest BCUT2D eigenvalue weighted by Gasteiger charge is 2.23. The van der Waals surface area contributed by atoms with Gasteiger partial charge in [-0.3, -0.25) is 14.9 Å². The van der Waals surface area contributed by atoms with Gasteiger partial charge in [0.05, 0.1) is 6.54 Å². The first kappa shape index (κ1) is 14.3. The minimum Gasteiger partial charge on any atom is -0.353 e. The molecule has 2 heterocycles. The van der Waals surface area contributed by atoms with Crippen LogP contribution in [0.5, 0.6) is 0 Å². The van der Waals surface area contributed by atoms with Gasteiger partial charge < -0.3 is 15.5 Å². The SMILES string of the molecule is O=C1CNC(C(=O)NCCN2CCCCCC2)CN1. The van der Waals surface area contributed by atoms with Crippen LogP contribution in [0.25, 0.3) is 0 Å². The lowest BCUT2D eigenvalue weighted by atomic mass is 10.2. The molecule has 2 amide bonds. The van der Waals surface area contributed by atoms with Crippen molar-refractivity contribution in [2.45, 2.75) is 31.7 Å². The normalized spacial score (nSPS) is 25.5. The molecular weight excluding hydrogens is 244 g/mol. The summed E-state index contributed by atoms with van der Waals surface area (Å²) in [6, 6.07) is -0.290. The fraction of sp³-hybridized carbons (Fsp3) is 0.846. The van der Waals surface area contributed by atoms with Crippen LogP contribution < -0.4 is 16.0 Å². The van der Waals surface area contributed by atoms with Crippen molar-refractivity contribution in [2.24, 2.45) is 0 Å². The number of carbonyl (C=O) groups excluding carboxylic acids is 2. The molecule has 0 aromatic rings. The van der Waals surface area contributed by atoms with Crippen LogP contribution in [-0.2, 0) is 9.59 Å². The Morgan fingerprint density at radius 2 is 2.00 bits per heavy atom. The number of nitrogens with one attached hydrogen (secondary N) is 3. The summed E-state index contributed by atoms with van der Waals surface area (Å²) in [7, 11) is 0. The molecule has 2 saturated heterocycles. The highest BCUT2D eigenvalue weighted by molar-refractivity contribution is 5.86. The predicted octanol–water partition coefficient (Wildman–Crippen LogP) is -0.933. The average Bonchev–Trinajstić information content (AvgIpc) is 2.68. The molecule has 6 nitrogen and oxygen atoms in total. The summed E-state index contributed by atoms with van der Waals surface area (Å²) in [4.78, 5) is 25.3. The van der Waals surface area contributed by atoms with Crippen molar-refractivity contribution < 1.29 is 9.59 Å². The summed E-state index contributed by atoms with van der Waals surface area (Å²) in [5.74, 6) is -0.0663. The lowest BCUT2D eigenvalue weighted by Gasteiger charge is -2.24. The maximum Gasteiger partial charge on any atom is 0.239 e. The molecule has 3 N–H and O–H groups in total. The maximum atomic E-state index is 11.9. The number of carbonyl (C=O) groups is 2. The Bertz CT molecular complexity index is 304. The summed E-state index contributed by atoms with van der Waals surface area (Å²) in [5, 5.41) is 8.56. The van der Waals surface area contributed by atoms with Crippen molar-refractivity contribution in [3.63, 3.8) is 0 Å². The van der Waals surface area contributed by atoms with Crippen molar-refractivity contribution in [1.29, 1.82) is 0 Å². The Labute approximate surface area is 114 Å². The molecule has 0 radical (unpaired) electrons. The van der Waals surface area contributed by atoms with Gasteiger partial charge in [0.15, 0.2) is 0 Å². The van der Waals surface area contributed by atoms with Crippen molar-refractivity contribution in [1.82, 2.24) is 20.9 Å². The van der Waals surface area contributed by atoms with E-state index in [9.17, 15) is 9.59 Å². The molecule has 108 valence electrons. The summed E-state index contributed by atoms with van der Waals surface area (Å²) >= 11 is 0. The number of likely N-dealkylation sites (tertiary alicyclic amines) is 1. The third-order valence-electron chi connectivity index (χ3n) is 3.75. The number of piperazine rings is 1. The summed E-state index contributed by atoms with van der Waals surface area (Å²) < 4.78 is 0. The molecule has 1 atom stereocenters. The second-order valence-corrected chi connectivity index (χ2v) is 5.28. The lowest BCUT2D eigenvalue weighted by molar-refractivity contribution is -0.126. The summed E-state index contributed by atoms with van der Waals surface area (Å²) in [6.45, 7) is 4.51. The Balaban J connectivity index is 1.61. The van der Waals surface area contributed by atoms with Crippen molar-refractivity contribution in [3.05, 3.63) is 0 Å². The van der Waals surface area contributed by atoms with E-state index in [1.165, 1.54) is 25.7 Å². The van der Waals surface area contributed by atoms with Gasteiger partial charge >= 0.3 is 0 Å². The van der Waals surface area contributed by atoms with Crippen LogP contribution in [0.1, 0.15) is 25.7 Å². The Morgan fingerprint density at radius 1 is 1.26 bits per heavy atom. The topological polar surface area (TPSA) is 73.5 Å². The van der Waals surface area contributed by atoms with E-state index >= 15 is 0 Å². The molecule has 2 rings (SSSR count). The quantitative estimate of drug-likeness (QED) is 0.616. The largest absolute Gasteiger partial charge is 0.353 e. The standard InChI is InChI=1S/C13H24N4O2/c18-12-10-15-11(9-16-12)13(19)14-5-8-17-6-3-1-2-4-7-17/h11,15H,1-10H2,(H,14,19)(H,16,18). The molecule has 0 aromatic heterocycles. The van der Waals surface area contributed by atoms with Crippen LogP contribution >= 0.6 is 0 Å². The Morgan fingerprint density at radius 3 is 2.63 bits per heavy atom. The average molecular weight is 268 g/mol. The van der Waals surface area contributed by atoms with E-state index in [2.05, 4.69) is 20.9 Å². The molecule has 2 aliphatic rings. The zero-order chi connectivity index (χ0) is 13.5. The van der Waals surface area contributed by atoms with Gasteiger partial charge in [-0.05, 0) is 25.9 Å². The monoisotopic (exact) mass is 268 g/mol. The molecule has 0 saturated carbocycles. The van der Waals surface area contributed by atoms with Gasteiger partial charge in [0.25, 0.3) is 0 Å². The number of rotatable bonds is 4. The molecule has 2 fully saturated rings. The fourth-order valence-electron chi connectivity index (χ4n) is 2.57. The Kier molecular flexibility index (Phi) is 5.60. The molecule has 6 heteroatoms. The van der Waals surface area contributed by atoms with Crippen LogP contribution in [0.15, 0.2) is 0 Å². The maximum absolute atomic E-state index is 11.9. The van der Waals surface area contributed by atoms with Gasteiger partial charge in [0, 0.05) is 19.6 Å². The number of hydrogen-bond acceptors (Lipinski definition) is 4. The lowest BCUT2D eigenvalue weighted by Crippen LogP contribution is -2.58. The zero-order valence-corrected chi connectivity index (χ0v) is 11.4. The van der Waals surface area contributed by atoms with Gasteiger partial charge in [-0.2, -0.15) is 0 Å². The predicted molar refractivity (Wildman–Crippen MR) is 72.7 cm³/mol. The molecule has 2 aliphatic heterocycles. The van der Waals surface area contributed by atoms with Crippen LogP contribution in [0.4, 0.5) is 0 Å². The van der Waals surface area contributed by atoms with Gasteiger partial charge in [-0.25, -0.2) is 0 Å². The van der Waals surface area contributed by atoms with E-state index in [-0.39, 0.29) is 24.4 Å². The highest BCUT2D eigenvalue weighted by atomic mass is 16.2. The summed E-state index contributed by atoms with van der Waals surface area (Å²) in [5.41, 5.74) is 0. The van der Waals surface area contributed by atoms with E-state index < -0.39 is 0 Å². The van der Waals surface area contributed by atoms with Crippen LogP contribution in [0, 0.1) is 0 Å². The van der Waals surface area contributed by atoms with Crippen molar-refractivity contribution >= 4 is 11.8 Å². The highest BCUT2D eigenvalue weighted by Crippen LogP contribution is 2.08. The number of amides is 2. The van der Waals surface area contributed by atoms with Crippen molar-refractivity contribution in [3.8, 4) is 0 Å². The van der Waals surface area contributed by atoms with E-state index in [1.54, 1.807) is 0 Å². The first-order valence-electron chi connectivity index (χ1n) is 7.26. The van der Waals surface area contributed by atoms with E-state index in [0.29, 0.717) is 13.1 Å². The van der Waals surface area contributed by atoms with Gasteiger partial charge in [-0.1, -0.05) is 12.8 Å². The van der Waals surface area contributed by atoms with Gasteiger partial charge in [0.2, 0.25) is 11.8 Å². The zero-order valence-electron chi connectivity index (χ0n) is 11.4. The van der Waals surface area contributed by atoms with E-state index in [0.717, 1.165) is 19.6 Å². The Hall–Kier alpha value is -1.14. The van der Waals surface area contributed by atoms with Crippen LogP contribution in [-0.4, -0.2) is 62.0 Å². The second kappa shape index (κ2) is 7.45. The van der Waals surface area contributed by atoms with Crippen molar-refractivity contribution in [2.75, 3.05) is 39.3 Å². The smallest absolute Gasteiger partial charge is 0.239 e. The van der Waals surface area contributed by atoms with E-state index in [1.807, 2.05) is 0 Å². The molecule has 1 unspecified atom stereocenters. The second-order valence-electron chi connectivity index (χ2n) is 5.28. The molecule has 0 aromatic carbocycles. The molecule has 19 heavy (non-hydrogen) atoms. The first-order valence-corrected chi connectivity index (χ1v) is 7.26. The first-order chi connectivity index (χ1) is 9.25. The third kappa shape index (κ3) is 4.80.